The van der Waals surface area contributed by atoms with Crippen LogP contribution in [0.25, 0.3) is 16.9 Å². The summed E-state index contributed by atoms with van der Waals surface area (Å²) in [4.78, 5) is 33.2. The highest BCUT2D eigenvalue weighted by Gasteiger charge is 2.51. The number of aromatic nitrogens is 6. The van der Waals surface area contributed by atoms with E-state index in [1.165, 1.54) is 6.33 Å². The molecule has 1 aliphatic heterocycles. The molecule has 1 saturated heterocycles. The van der Waals surface area contributed by atoms with E-state index in [4.69, 9.17) is 14.0 Å². The molecule has 2 aliphatic carbocycles. The third kappa shape index (κ3) is 5.18. The van der Waals surface area contributed by atoms with Crippen LogP contribution in [0.4, 0.5) is 0 Å². The van der Waals surface area contributed by atoms with E-state index in [-0.39, 0.29) is 11.6 Å². The van der Waals surface area contributed by atoms with E-state index in [1.54, 1.807) is 0 Å². The van der Waals surface area contributed by atoms with Crippen molar-refractivity contribution in [3.63, 3.8) is 0 Å². The summed E-state index contributed by atoms with van der Waals surface area (Å²) in [6.45, 7) is 10.1. The largest absolute Gasteiger partial charge is 0.464 e. The van der Waals surface area contributed by atoms with Gasteiger partial charge in [-0.3, -0.25) is 18.9 Å². The van der Waals surface area contributed by atoms with Crippen LogP contribution in [0.15, 0.2) is 69.2 Å². The first-order valence-corrected chi connectivity index (χ1v) is 15.8. The zero-order valence-electron chi connectivity index (χ0n) is 26.0. The molecule has 45 heavy (non-hydrogen) atoms. The van der Waals surface area contributed by atoms with Gasteiger partial charge in [-0.05, 0) is 62.7 Å². The van der Waals surface area contributed by atoms with E-state index in [0.29, 0.717) is 43.0 Å². The summed E-state index contributed by atoms with van der Waals surface area (Å²) >= 11 is 0. The average Bonchev–Trinajstić information content (AvgIpc) is 3.74. The predicted molar refractivity (Wildman–Crippen MR) is 168 cm³/mol. The smallest absolute Gasteiger partial charge is 0.439 e. The Balaban J connectivity index is 1.20. The average molecular weight is 611 g/mol. The molecule has 3 aliphatic rings. The fourth-order valence-corrected chi connectivity index (χ4v) is 7.00. The lowest BCUT2D eigenvalue weighted by molar-refractivity contribution is -0.200. The molecular weight excluding hydrogens is 572 g/mol. The third-order valence-electron chi connectivity index (χ3n) is 9.31. The van der Waals surface area contributed by atoms with Crippen LogP contribution in [0.1, 0.15) is 100.0 Å². The van der Waals surface area contributed by atoms with Crippen LogP contribution in [0.5, 0.6) is 0 Å². The molecule has 0 unspecified atom stereocenters. The molecule has 0 atom stereocenters. The minimum Gasteiger partial charge on any atom is -0.464 e. The van der Waals surface area contributed by atoms with Gasteiger partial charge < -0.3 is 9.47 Å². The van der Waals surface area contributed by atoms with Crippen molar-refractivity contribution < 1.29 is 14.0 Å². The number of benzene rings is 1. The Kier molecular flexibility index (Phi) is 7.23. The lowest BCUT2D eigenvalue weighted by atomic mass is 9.89. The van der Waals surface area contributed by atoms with Gasteiger partial charge >= 0.3 is 5.76 Å². The maximum Gasteiger partial charge on any atom is 0.439 e. The number of H-pyrrole nitrogens is 1. The molecule has 11 nitrogen and oxygen atoms in total. The van der Waals surface area contributed by atoms with Crippen molar-refractivity contribution in [3.05, 3.63) is 104 Å². The van der Waals surface area contributed by atoms with Gasteiger partial charge in [-0.25, -0.2) is 9.31 Å². The number of fused-ring (bicyclic) bond motifs is 1. The second-order valence-electron chi connectivity index (χ2n) is 12.7. The molecule has 3 aromatic heterocycles. The monoisotopic (exact) mass is 610 g/mol. The van der Waals surface area contributed by atoms with Gasteiger partial charge in [0.05, 0.1) is 5.69 Å². The first-order valence-electron chi connectivity index (χ1n) is 15.8. The third-order valence-corrected chi connectivity index (χ3v) is 9.31. The van der Waals surface area contributed by atoms with Gasteiger partial charge in [-0.2, -0.15) is 10.1 Å². The Morgan fingerprint density at radius 2 is 1.80 bits per heavy atom. The maximum absolute atomic E-state index is 14.4. The van der Waals surface area contributed by atoms with Crippen molar-refractivity contribution in [2.45, 2.75) is 96.0 Å². The quantitative estimate of drug-likeness (QED) is 0.290. The standard InChI is InChI=1S/C34H38N6O5/c1-5-8-28-27(19-22-11-13-23(14-12-22)25-9-6-7-10-26(25)29-37-32(42)44-38-29)30(41)39(31-35-20-36-40(28)31)24-15-17-34(18-16-24)43-21(2)33(3,4)45-34/h9-14,20,24H,2,5-8,15-19H2,1,3-4H3,(H,37,38,42). The molecular formula is C34H38N6O5. The summed E-state index contributed by atoms with van der Waals surface area (Å²) in [5.74, 6) is 0.385. The topological polar surface area (TPSA) is 130 Å². The highest BCUT2D eigenvalue weighted by atomic mass is 16.8. The van der Waals surface area contributed by atoms with E-state index in [1.807, 2.05) is 22.9 Å². The van der Waals surface area contributed by atoms with Crippen LogP contribution in [0, 0.1) is 0 Å². The van der Waals surface area contributed by atoms with E-state index in [0.717, 1.165) is 65.6 Å². The van der Waals surface area contributed by atoms with Crippen LogP contribution in [0.2, 0.25) is 0 Å². The van der Waals surface area contributed by atoms with Crippen LogP contribution < -0.4 is 11.3 Å². The molecule has 0 bridgehead atoms. The van der Waals surface area contributed by atoms with Crippen molar-refractivity contribution in [1.29, 1.82) is 0 Å². The SMILES string of the molecule is C=C1OC2(CCC(n3c(=O)c(Cc4ccc(C5=CCCC=C5c5noc(=O)[nH]5)cc4)c(CCC)n4ncnc34)CC2)OC1(C)C. The lowest BCUT2D eigenvalue weighted by Gasteiger charge is -2.36. The highest BCUT2D eigenvalue weighted by molar-refractivity contribution is 6.03. The number of hydrogen-bond acceptors (Lipinski definition) is 8. The first kappa shape index (κ1) is 29.2. The van der Waals surface area contributed by atoms with Crippen molar-refractivity contribution >= 4 is 16.9 Å². The summed E-state index contributed by atoms with van der Waals surface area (Å²) in [6, 6.07) is 8.19. The Bertz CT molecular complexity index is 1950. The molecule has 1 saturated carbocycles. The summed E-state index contributed by atoms with van der Waals surface area (Å²) in [7, 11) is 0. The van der Waals surface area contributed by atoms with Gasteiger partial charge in [-0.1, -0.05) is 61.5 Å². The molecule has 234 valence electrons. The van der Waals surface area contributed by atoms with Crippen molar-refractivity contribution in [1.82, 2.24) is 29.3 Å². The summed E-state index contributed by atoms with van der Waals surface area (Å²) in [6.07, 6.45) is 12.3. The Labute approximate surface area is 260 Å². The molecule has 7 rings (SSSR count). The van der Waals surface area contributed by atoms with Gasteiger partial charge in [0.25, 0.3) is 5.56 Å². The summed E-state index contributed by atoms with van der Waals surface area (Å²) in [5, 5.41) is 8.49. The van der Waals surface area contributed by atoms with Crippen LogP contribution in [-0.2, 0) is 22.3 Å². The van der Waals surface area contributed by atoms with E-state index < -0.39 is 17.1 Å². The van der Waals surface area contributed by atoms with E-state index in [2.05, 4.69) is 70.1 Å². The number of allylic oxidation sites excluding steroid dienone is 4. The lowest BCUT2D eigenvalue weighted by Crippen LogP contribution is -2.40. The zero-order chi connectivity index (χ0) is 31.3. The molecule has 1 aromatic carbocycles. The predicted octanol–water partition coefficient (Wildman–Crippen LogP) is 5.52. The van der Waals surface area contributed by atoms with Crippen molar-refractivity contribution in [2.24, 2.45) is 0 Å². The molecule has 0 radical (unpaired) electrons. The van der Waals surface area contributed by atoms with Gasteiger partial charge in [-0.15, -0.1) is 0 Å². The number of nitrogens with one attached hydrogen (secondary N) is 1. The van der Waals surface area contributed by atoms with Crippen LogP contribution >= 0.6 is 0 Å². The molecule has 11 heteroatoms. The van der Waals surface area contributed by atoms with Crippen LogP contribution in [-0.4, -0.2) is 40.7 Å². The molecule has 4 aromatic rings. The van der Waals surface area contributed by atoms with Gasteiger partial charge in [0.2, 0.25) is 11.6 Å². The van der Waals surface area contributed by atoms with Gasteiger partial charge in [0.1, 0.15) is 17.7 Å². The zero-order valence-corrected chi connectivity index (χ0v) is 26.0. The Hall–Kier alpha value is -4.51. The number of aromatic amines is 1. The summed E-state index contributed by atoms with van der Waals surface area (Å²) < 4.78 is 21.0. The maximum atomic E-state index is 14.4. The van der Waals surface area contributed by atoms with Crippen molar-refractivity contribution in [3.8, 4) is 0 Å². The Morgan fingerprint density at radius 1 is 1.07 bits per heavy atom. The van der Waals surface area contributed by atoms with E-state index >= 15 is 0 Å². The van der Waals surface area contributed by atoms with Gasteiger partial charge in [0.15, 0.2) is 5.82 Å². The minimum atomic E-state index is -0.691. The molecule has 1 spiro atoms. The Morgan fingerprint density at radius 3 is 2.44 bits per heavy atom. The molecule has 1 N–H and O–H groups in total. The summed E-state index contributed by atoms with van der Waals surface area (Å²) in [5.41, 5.74) is 4.96. The van der Waals surface area contributed by atoms with Crippen LogP contribution in [0.3, 0.4) is 0 Å². The first-order chi connectivity index (χ1) is 21.7. The number of rotatable bonds is 7. The van der Waals surface area contributed by atoms with Gasteiger partial charge in [0, 0.05) is 36.4 Å². The molecule has 0 amide bonds. The number of aryl methyl sites for hydroxylation is 1. The number of hydrogen-bond donors (Lipinski definition) is 1. The van der Waals surface area contributed by atoms with Crippen molar-refractivity contribution in [2.75, 3.05) is 0 Å². The fraction of sp³-hybridized carbons (Fsp3) is 0.441. The second kappa shape index (κ2) is 11.1. The minimum absolute atomic E-state index is 0.0165. The number of ether oxygens (including phenoxy) is 2. The molecule has 4 heterocycles. The number of nitrogens with zero attached hydrogens (tertiary/aromatic N) is 5. The molecule has 2 fully saturated rings. The normalized spacial score (nSPS) is 22.9. The fourth-order valence-electron chi connectivity index (χ4n) is 7.00. The highest BCUT2D eigenvalue weighted by Crippen LogP contribution is 2.48. The van der Waals surface area contributed by atoms with E-state index in [9.17, 15) is 9.59 Å². The second-order valence-corrected chi connectivity index (χ2v) is 12.7.